The number of thiazole rings is 5. The van der Waals surface area contributed by atoms with Gasteiger partial charge in [-0.3, -0.25) is 42.6 Å². The first kappa shape index (κ1) is 71.2. The number of carbonyl (C=O) groups excluding carboxylic acids is 4. The highest BCUT2D eigenvalue weighted by Gasteiger charge is 2.32. The second-order valence-corrected chi connectivity index (χ2v) is 28.3. The second kappa shape index (κ2) is 30.3. The van der Waals surface area contributed by atoms with Crippen molar-refractivity contribution in [1.82, 2.24) is 88.6 Å². The van der Waals surface area contributed by atoms with Crippen molar-refractivity contribution >= 4 is 108 Å². The Hall–Kier alpha value is -9.15. The van der Waals surface area contributed by atoms with Crippen molar-refractivity contribution in [2.45, 2.75) is 93.0 Å². The summed E-state index contributed by atoms with van der Waals surface area (Å²) in [6, 6.07) is 1.90. The maximum Gasteiger partial charge on any atom is 0.354 e. The van der Waals surface area contributed by atoms with Crippen LogP contribution in [0.4, 0.5) is 0 Å². The molecule has 0 aromatic carbocycles. The van der Waals surface area contributed by atoms with E-state index in [0.717, 1.165) is 73.3 Å². The number of hydrogen-bond donors (Lipinski definition) is 4. The minimum Gasteiger partial charge on any atom is -0.477 e. The standard InChI is InChI=1S/C17H19BrN6OS.C13H15N3O2S.C12H13N3O3S.C10H11N3O2S.C9H6N4O2S/c1-9-10(2)26-16(20-9)12-8-19-23(3)15(12)13(25)6-11-4-5-24-14(7-11)21-17(18)22-24;1-7-12(8-3-4-8)19-13(15-7)9-5-14-16(2)11(9)10(18)6-17;1-6(17)12-10(14-7(2)19-12)8-4-13-15(3)11(8)9(18)5-16;1-5-6(2)16-9(12-5)7-4-11-13(3)8(7)10(14)15;1-13-7(9(14)15)6(3-11-13)8-12-5(2-10)4-16-8/h8,11H,4-7H2,1-3H3;5,8,17H,3-4,6H2,1-2H3;4,16H,5H2,1-3H3;4H,1-3H3,(H,14,15);3-4H,1H3,(H,14,15). The molecule has 1 aliphatic heterocycles. The zero-order chi connectivity index (χ0) is 69.7. The van der Waals surface area contributed by atoms with Crippen LogP contribution in [0.2, 0.25) is 0 Å². The van der Waals surface area contributed by atoms with Crippen LogP contribution in [-0.2, 0) is 48.2 Å². The van der Waals surface area contributed by atoms with Gasteiger partial charge in [0.15, 0.2) is 28.6 Å². The number of carboxylic acid groups (broad SMARTS) is 2. The van der Waals surface area contributed by atoms with Crippen molar-refractivity contribution in [3.63, 3.8) is 0 Å². The summed E-state index contributed by atoms with van der Waals surface area (Å²) in [4.78, 5) is 101. The lowest BCUT2D eigenvalue weighted by Crippen LogP contribution is -2.23. The lowest BCUT2D eigenvalue weighted by atomic mass is 9.91. The van der Waals surface area contributed by atoms with Gasteiger partial charge in [-0.05, 0) is 88.6 Å². The molecule has 0 spiro atoms. The Kier molecular flexibility index (Phi) is 22.4. The molecule has 96 heavy (non-hydrogen) atoms. The van der Waals surface area contributed by atoms with Gasteiger partial charge in [0.2, 0.25) is 16.3 Å². The van der Waals surface area contributed by atoms with Gasteiger partial charge in [0.1, 0.15) is 62.2 Å². The molecular formula is C61H64BrN19O10S5. The van der Waals surface area contributed by atoms with E-state index in [1.165, 1.54) is 94.7 Å². The Morgan fingerprint density at radius 1 is 0.573 bits per heavy atom. The average molecular weight is 1460 g/mol. The normalized spacial score (nSPS) is 13.0. The molecule has 35 heteroatoms. The Morgan fingerprint density at radius 3 is 1.47 bits per heavy atom. The van der Waals surface area contributed by atoms with Gasteiger partial charge >= 0.3 is 11.9 Å². The molecule has 500 valence electrons. The maximum absolute atomic E-state index is 13.1. The lowest BCUT2D eigenvalue weighted by Gasteiger charge is -2.21. The number of rotatable bonds is 16. The first-order valence-electron chi connectivity index (χ1n) is 29.3. The maximum atomic E-state index is 13.1. The SMILES string of the molecule is CC(=O)c1sc(C)nc1-c1cnn(C)c1C(=O)CO.Cc1nc(-c2cnn(C)c2C(=O)CC2CCn3nc(Br)nc3C2)sc1C.Cc1nc(-c2cnn(C)c2C(=O)CO)sc1C1CC1.Cc1nc(-c2cnn(C)c2C(=O)O)sc1C.Cn1ncc(-c2nc(C#N)cs2)c1C(=O)O. The van der Waals surface area contributed by atoms with Crippen molar-refractivity contribution < 1.29 is 49.2 Å². The number of nitriles is 1. The van der Waals surface area contributed by atoms with E-state index >= 15 is 0 Å². The molecule has 1 aliphatic carbocycles. The molecule has 11 aromatic heterocycles. The van der Waals surface area contributed by atoms with Gasteiger partial charge < -0.3 is 20.4 Å². The number of hydrogen-bond acceptors (Lipinski definition) is 26. The number of aromatic carboxylic acids is 2. The minimum atomic E-state index is -1.07. The van der Waals surface area contributed by atoms with Crippen molar-refractivity contribution in [2.75, 3.05) is 13.2 Å². The average Bonchev–Trinajstić information content (AvgIpc) is 1.65. The lowest BCUT2D eigenvalue weighted by molar-refractivity contribution is 0.0675. The van der Waals surface area contributed by atoms with Crippen LogP contribution in [0.1, 0.15) is 149 Å². The Balaban J connectivity index is 0.000000143. The molecule has 1 saturated carbocycles. The number of aromatic nitrogens is 18. The van der Waals surface area contributed by atoms with Gasteiger partial charge in [0.05, 0.1) is 91.5 Å². The number of fused-ring (bicyclic) bond motifs is 1. The summed E-state index contributed by atoms with van der Waals surface area (Å²) in [5, 5.41) is 74.6. The molecule has 12 heterocycles. The topological polar surface area (TPSA) is 391 Å². The Bertz CT molecular complexity index is 4760. The van der Waals surface area contributed by atoms with Crippen molar-refractivity contribution in [1.29, 1.82) is 5.26 Å². The first-order valence-corrected chi connectivity index (χ1v) is 34.2. The van der Waals surface area contributed by atoms with Gasteiger partial charge in [-0.15, -0.1) is 61.8 Å². The third-order valence-corrected chi connectivity index (χ3v) is 21.1. The van der Waals surface area contributed by atoms with Crippen molar-refractivity contribution in [2.24, 2.45) is 41.2 Å². The van der Waals surface area contributed by atoms with Gasteiger partial charge in [0.25, 0.3) is 0 Å². The van der Waals surface area contributed by atoms with Crippen molar-refractivity contribution in [3.05, 3.63) is 123 Å². The third kappa shape index (κ3) is 15.7. The largest absolute Gasteiger partial charge is 0.477 e. The third-order valence-electron chi connectivity index (χ3n) is 15.3. The summed E-state index contributed by atoms with van der Waals surface area (Å²) in [6.45, 7) is 12.9. The zero-order valence-corrected chi connectivity index (χ0v) is 59.6. The van der Waals surface area contributed by atoms with Crippen LogP contribution < -0.4 is 0 Å². The molecule has 2 aliphatic rings. The molecular weight excluding hydrogens is 1400 g/mol. The van der Waals surface area contributed by atoms with E-state index in [9.17, 15) is 28.8 Å². The number of aliphatic hydroxyl groups is 2. The highest BCUT2D eigenvalue weighted by molar-refractivity contribution is 9.10. The summed E-state index contributed by atoms with van der Waals surface area (Å²) in [5.41, 5.74) is 8.35. The van der Waals surface area contributed by atoms with Crippen LogP contribution in [-0.4, -0.2) is 157 Å². The van der Waals surface area contributed by atoms with E-state index in [2.05, 4.69) is 76.4 Å². The number of halogens is 1. The zero-order valence-electron chi connectivity index (χ0n) is 53.9. The number of carboxylic acids is 2. The monoisotopic (exact) mass is 1460 g/mol. The van der Waals surface area contributed by atoms with Crippen LogP contribution in [0.5, 0.6) is 0 Å². The molecule has 11 aromatic rings. The predicted octanol–water partition coefficient (Wildman–Crippen LogP) is 9.46. The van der Waals surface area contributed by atoms with E-state index in [-0.39, 0.29) is 46.0 Å². The van der Waals surface area contributed by atoms with E-state index in [1.54, 1.807) is 86.4 Å². The van der Waals surface area contributed by atoms with Crippen LogP contribution in [0.15, 0.2) is 41.1 Å². The molecule has 0 radical (unpaired) electrons. The highest BCUT2D eigenvalue weighted by Crippen LogP contribution is 2.46. The molecule has 13 rings (SSSR count). The summed E-state index contributed by atoms with van der Waals surface area (Å²) in [5.74, 6) is -0.949. The molecule has 29 nitrogen and oxygen atoms in total. The molecule has 1 atom stereocenters. The van der Waals surface area contributed by atoms with E-state index in [0.29, 0.717) is 65.7 Å². The summed E-state index contributed by atoms with van der Waals surface area (Å²) >= 11 is 10.6. The first-order chi connectivity index (χ1) is 45.6. The number of ketones is 4. The molecule has 0 amide bonds. The van der Waals surface area contributed by atoms with Gasteiger partial charge in [-0.25, -0.2) is 44.2 Å². The predicted molar refractivity (Wildman–Crippen MR) is 362 cm³/mol. The number of aryl methyl sites for hydroxylation is 12. The smallest absolute Gasteiger partial charge is 0.354 e. The fraction of sp³-hybridized carbons (Fsp3) is 0.361. The van der Waals surface area contributed by atoms with Gasteiger partial charge in [0, 0.05) is 81.6 Å². The van der Waals surface area contributed by atoms with Gasteiger partial charge in [-0.2, -0.15) is 30.8 Å². The fourth-order valence-electron chi connectivity index (χ4n) is 10.2. The van der Waals surface area contributed by atoms with Crippen LogP contribution in [0.3, 0.4) is 0 Å². The number of nitrogens with zero attached hydrogens (tertiary/aromatic N) is 19. The Labute approximate surface area is 576 Å². The van der Waals surface area contributed by atoms with E-state index < -0.39 is 30.9 Å². The summed E-state index contributed by atoms with van der Waals surface area (Å²) in [6.07, 6.45) is 12.5. The number of carbonyl (C=O) groups is 6. The number of aliphatic hydroxyl groups excluding tert-OH is 2. The van der Waals surface area contributed by atoms with Crippen LogP contribution in [0.25, 0.3) is 53.5 Å². The summed E-state index contributed by atoms with van der Waals surface area (Å²) in [7, 11) is 8.29. The molecule has 0 saturated heterocycles. The van der Waals surface area contributed by atoms with Crippen LogP contribution >= 0.6 is 72.6 Å². The van der Waals surface area contributed by atoms with E-state index in [4.69, 9.17) is 25.7 Å². The second-order valence-electron chi connectivity index (χ2n) is 22.1. The van der Waals surface area contributed by atoms with Gasteiger partial charge in [-0.1, -0.05) is 0 Å². The molecule has 1 unspecified atom stereocenters. The highest BCUT2D eigenvalue weighted by atomic mass is 79.9. The molecule has 0 bridgehead atoms. The quantitative estimate of drug-likeness (QED) is 0.0654. The Morgan fingerprint density at radius 2 is 1.02 bits per heavy atom. The van der Waals surface area contributed by atoms with E-state index in [1.807, 2.05) is 52.4 Å². The van der Waals surface area contributed by atoms with Crippen molar-refractivity contribution in [3.8, 4) is 59.6 Å². The number of Topliss-reactive ketones (excluding diaryl/α,β-unsaturated/α-hetero) is 4. The molecule has 1 fully saturated rings. The fourth-order valence-corrected chi connectivity index (χ4v) is 15.3. The molecule has 4 N–H and O–H groups in total. The van der Waals surface area contributed by atoms with Crippen LogP contribution in [0, 0.1) is 58.8 Å². The minimum absolute atomic E-state index is 0.0684. The summed E-state index contributed by atoms with van der Waals surface area (Å²) < 4.78 is 9.71.